The molecule has 0 saturated heterocycles. The van der Waals surface area contributed by atoms with Crippen LogP contribution in [0.3, 0.4) is 0 Å². The Labute approximate surface area is 111 Å². The third kappa shape index (κ3) is 2.45. The van der Waals surface area contributed by atoms with Gasteiger partial charge >= 0.3 is 0 Å². The first-order chi connectivity index (χ1) is 9.04. The van der Waals surface area contributed by atoms with Gasteiger partial charge in [0.2, 0.25) is 0 Å². The topological polar surface area (TPSA) is 65.9 Å². The number of aromatic nitrogens is 1. The first-order valence-electron chi connectivity index (χ1n) is 6.22. The summed E-state index contributed by atoms with van der Waals surface area (Å²) >= 11 is 0. The fourth-order valence-electron chi connectivity index (χ4n) is 2.09. The first-order valence-corrected chi connectivity index (χ1v) is 6.22. The minimum atomic E-state index is -0.0954. The number of nitriles is 1. The summed E-state index contributed by atoms with van der Waals surface area (Å²) in [6.45, 7) is 5.68. The molecule has 4 heteroatoms. The highest BCUT2D eigenvalue weighted by Gasteiger charge is 2.12. The SMILES string of the molecule is Cc1[nH]c2c(OC(C)C)cccc2c(=O)c1CC#N. The minimum Gasteiger partial charge on any atom is -0.489 e. The summed E-state index contributed by atoms with van der Waals surface area (Å²) in [4.78, 5) is 15.5. The predicted octanol–water partition coefficient (Wildman–Crippen LogP) is 2.69. The van der Waals surface area contributed by atoms with Crippen LogP contribution in [0.5, 0.6) is 5.75 Å². The Morgan fingerprint density at radius 1 is 1.42 bits per heavy atom. The van der Waals surface area contributed by atoms with E-state index >= 15 is 0 Å². The van der Waals surface area contributed by atoms with E-state index in [1.807, 2.05) is 26.0 Å². The monoisotopic (exact) mass is 256 g/mol. The number of nitrogens with one attached hydrogen (secondary N) is 1. The summed E-state index contributed by atoms with van der Waals surface area (Å²) < 4.78 is 5.70. The highest BCUT2D eigenvalue weighted by molar-refractivity contribution is 5.85. The number of nitrogens with zero attached hydrogens (tertiary/aromatic N) is 1. The van der Waals surface area contributed by atoms with Gasteiger partial charge in [0.05, 0.1) is 24.1 Å². The van der Waals surface area contributed by atoms with E-state index in [0.29, 0.717) is 22.2 Å². The number of benzene rings is 1. The number of para-hydroxylation sites is 1. The van der Waals surface area contributed by atoms with Gasteiger partial charge in [-0.1, -0.05) is 6.07 Å². The number of hydrogen-bond acceptors (Lipinski definition) is 3. The molecule has 0 atom stereocenters. The summed E-state index contributed by atoms with van der Waals surface area (Å²) in [5, 5.41) is 9.35. The highest BCUT2D eigenvalue weighted by atomic mass is 16.5. The zero-order valence-electron chi connectivity index (χ0n) is 11.3. The highest BCUT2D eigenvalue weighted by Crippen LogP contribution is 2.23. The molecule has 2 rings (SSSR count). The molecule has 19 heavy (non-hydrogen) atoms. The molecule has 0 bridgehead atoms. The molecule has 0 fully saturated rings. The summed E-state index contributed by atoms with van der Waals surface area (Å²) in [7, 11) is 0. The molecule has 0 spiro atoms. The van der Waals surface area contributed by atoms with Crippen LogP contribution in [-0.2, 0) is 6.42 Å². The van der Waals surface area contributed by atoms with E-state index in [-0.39, 0.29) is 18.0 Å². The van der Waals surface area contributed by atoms with E-state index in [9.17, 15) is 4.79 Å². The van der Waals surface area contributed by atoms with Crippen LogP contribution in [0.4, 0.5) is 0 Å². The lowest BCUT2D eigenvalue weighted by Crippen LogP contribution is -2.14. The maximum atomic E-state index is 12.4. The summed E-state index contributed by atoms with van der Waals surface area (Å²) in [5.41, 5.74) is 1.85. The van der Waals surface area contributed by atoms with Gasteiger partial charge in [-0.3, -0.25) is 4.79 Å². The number of pyridine rings is 1. The van der Waals surface area contributed by atoms with Crippen LogP contribution < -0.4 is 10.2 Å². The Hall–Kier alpha value is -2.28. The normalized spacial score (nSPS) is 10.7. The Kier molecular flexibility index (Phi) is 3.57. The van der Waals surface area contributed by atoms with E-state index in [2.05, 4.69) is 4.98 Å². The fourth-order valence-corrected chi connectivity index (χ4v) is 2.09. The molecular formula is C15H16N2O2. The lowest BCUT2D eigenvalue weighted by atomic mass is 10.1. The third-order valence-corrected chi connectivity index (χ3v) is 2.93. The van der Waals surface area contributed by atoms with E-state index in [4.69, 9.17) is 10.00 Å². The molecule has 0 aliphatic rings. The Balaban J connectivity index is 2.73. The van der Waals surface area contributed by atoms with Crippen LogP contribution in [0, 0.1) is 18.3 Å². The van der Waals surface area contributed by atoms with Gasteiger partial charge in [-0.05, 0) is 32.9 Å². The maximum Gasteiger partial charge on any atom is 0.194 e. The van der Waals surface area contributed by atoms with Gasteiger partial charge in [-0.2, -0.15) is 5.26 Å². The van der Waals surface area contributed by atoms with Gasteiger partial charge in [0.15, 0.2) is 5.43 Å². The Morgan fingerprint density at radius 2 is 2.16 bits per heavy atom. The predicted molar refractivity (Wildman–Crippen MR) is 74.4 cm³/mol. The van der Waals surface area contributed by atoms with E-state index in [1.54, 1.807) is 19.1 Å². The summed E-state index contributed by atoms with van der Waals surface area (Å²) in [6, 6.07) is 7.41. The summed E-state index contributed by atoms with van der Waals surface area (Å²) in [6.07, 6.45) is 0.153. The van der Waals surface area contributed by atoms with E-state index < -0.39 is 0 Å². The molecule has 0 radical (unpaired) electrons. The standard InChI is InChI=1S/C15H16N2O2/c1-9(2)19-13-6-4-5-12-14(13)17-10(3)11(7-8-16)15(12)18/h4-6,9H,7H2,1-3H3,(H,17,18). The van der Waals surface area contributed by atoms with Gasteiger partial charge in [-0.25, -0.2) is 0 Å². The zero-order chi connectivity index (χ0) is 14.0. The number of rotatable bonds is 3. The average molecular weight is 256 g/mol. The van der Waals surface area contributed by atoms with Crippen molar-refractivity contribution in [3.05, 3.63) is 39.7 Å². The molecule has 0 aliphatic heterocycles. The van der Waals surface area contributed by atoms with Gasteiger partial charge in [-0.15, -0.1) is 0 Å². The maximum absolute atomic E-state index is 12.4. The second-order valence-electron chi connectivity index (χ2n) is 4.74. The van der Waals surface area contributed by atoms with Crippen molar-refractivity contribution in [1.29, 1.82) is 5.26 Å². The van der Waals surface area contributed by atoms with Crippen molar-refractivity contribution in [2.24, 2.45) is 0 Å². The molecule has 0 amide bonds. The van der Waals surface area contributed by atoms with Crippen LogP contribution in [0.25, 0.3) is 10.9 Å². The van der Waals surface area contributed by atoms with Crippen LogP contribution in [-0.4, -0.2) is 11.1 Å². The molecule has 0 saturated carbocycles. The van der Waals surface area contributed by atoms with Crippen molar-refractivity contribution in [1.82, 2.24) is 4.98 Å². The van der Waals surface area contributed by atoms with Crippen molar-refractivity contribution < 1.29 is 4.74 Å². The lowest BCUT2D eigenvalue weighted by Gasteiger charge is -2.13. The number of fused-ring (bicyclic) bond motifs is 1. The number of aromatic amines is 1. The second kappa shape index (κ2) is 5.15. The molecule has 4 nitrogen and oxygen atoms in total. The molecule has 2 aromatic rings. The second-order valence-corrected chi connectivity index (χ2v) is 4.74. The third-order valence-electron chi connectivity index (χ3n) is 2.93. The molecule has 0 aliphatic carbocycles. The van der Waals surface area contributed by atoms with Crippen molar-refractivity contribution in [3.63, 3.8) is 0 Å². The molecule has 1 aromatic heterocycles. The lowest BCUT2D eigenvalue weighted by molar-refractivity contribution is 0.245. The van der Waals surface area contributed by atoms with Crippen LogP contribution in [0.2, 0.25) is 0 Å². The first kappa shape index (κ1) is 13.2. The van der Waals surface area contributed by atoms with Crippen LogP contribution >= 0.6 is 0 Å². The van der Waals surface area contributed by atoms with E-state index in [0.717, 1.165) is 5.69 Å². The molecule has 0 unspecified atom stereocenters. The number of H-pyrrole nitrogens is 1. The zero-order valence-corrected chi connectivity index (χ0v) is 11.3. The largest absolute Gasteiger partial charge is 0.489 e. The Morgan fingerprint density at radius 3 is 2.79 bits per heavy atom. The van der Waals surface area contributed by atoms with Gasteiger partial charge in [0.1, 0.15) is 5.75 Å². The fraction of sp³-hybridized carbons (Fsp3) is 0.333. The van der Waals surface area contributed by atoms with E-state index in [1.165, 1.54) is 0 Å². The van der Waals surface area contributed by atoms with Gasteiger partial charge in [0, 0.05) is 16.6 Å². The number of ether oxygens (including phenoxy) is 1. The average Bonchev–Trinajstić information content (AvgIpc) is 2.35. The molecule has 1 aromatic carbocycles. The smallest absolute Gasteiger partial charge is 0.194 e. The molecule has 98 valence electrons. The number of aryl methyl sites for hydroxylation is 1. The van der Waals surface area contributed by atoms with Crippen molar-refractivity contribution in [2.45, 2.75) is 33.3 Å². The van der Waals surface area contributed by atoms with Crippen LogP contribution in [0.15, 0.2) is 23.0 Å². The molecule has 1 heterocycles. The molecule has 1 N–H and O–H groups in total. The van der Waals surface area contributed by atoms with Crippen molar-refractivity contribution >= 4 is 10.9 Å². The minimum absolute atomic E-state index is 0.0354. The summed E-state index contributed by atoms with van der Waals surface area (Å²) in [5.74, 6) is 0.663. The molecular weight excluding hydrogens is 240 g/mol. The quantitative estimate of drug-likeness (QED) is 0.918. The number of hydrogen-bond donors (Lipinski definition) is 1. The van der Waals surface area contributed by atoms with Gasteiger partial charge < -0.3 is 9.72 Å². The van der Waals surface area contributed by atoms with Crippen LogP contribution in [0.1, 0.15) is 25.1 Å². The van der Waals surface area contributed by atoms with Gasteiger partial charge in [0.25, 0.3) is 0 Å². The Bertz CT molecular complexity index is 708. The van der Waals surface area contributed by atoms with Crippen molar-refractivity contribution in [3.8, 4) is 11.8 Å². The van der Waals surface area contributed by atoms with Crippen molar-refractivity contribution in [2.75, 3.05) is 0 Å².